The van der Waals surface area contributed by atoms with Gasteiger partial charge in [0.05, 0.1) is 5.71 Å². The molecule has 8 nitrogen and oxygen atoms in total. The molecule has 8 heteroatoms. The molecule has 0 radical (unpaired) electrons. The normalized spacial score (nSPS) is 11.3. The Bertz CT molecular complexity index is 590. The number of carbonyl (C=O) groups is 1. The third-order valence-corrected chi connectivity index (χ3v) is 2.29. The van der Waals surface area contributed by atoms with Crippen LogP contribution >= 0.6 is 0 Å². The molecule has 1 amide bonds. The van der Waals surface area contributed by atoms with E-state index in [1.165, 1.54) is 0 Å². The van der Waals surface area contributed by atoms with Gasteiger partial charge in [-0.25, -0.2) is 5.43 Å². The van der Waals surface area contributed by atoms with E-state index in [0.717, 1.165) is 10.4 Å². The lowest BCUT2D eigenvalue weighted by Crippen LogP contribution is -2.25. The highest BCUT2D eigenvalue weighted by atomic mass is 16.2. The van der Waals surface area contributed by atoms with Crippen LogP contribution in [0.2, 0.25) is 0 Å². The number of nitrogen functional groups attached to an aromatic ring is 1. The number of nitrogens with zero attached hydrogens (tertiary/aromatic N) is 5. The summed E-state index contributed by atoms with van der Waals surface area (Å²) in [7, 11) is 0. The SMILES string of the molecule is C/C(=N\NC(=O)Cn1nnc(N)n1)c1ccccc1. The van der Waals surface area contributed by atoms with E-state index in [4.69, 9.17) is 5.73 Å². The molecule has 3 N–H and O–H groups in total. The van der Waals surface area contributed by atoms with Crippen LogP contribution in [0.1, 0.15) is 12.5 Å². The van der Waals surface area contributed by atoms with E-state index in [2.05, 4.69) is 25.9 Å². The number of nitrogens with one attached hydrogen (secondary N) is 1. The van der Waals surface area contributed by atoms with Crippen LogP contribution in [0.15, 0.2) is 35.4 Å². The molecular formula is C11H13N7O. The summed E-state index contributed by atoms with van der Waals surface area (Å²) in [5.41, 5.74) is 9.35. The summed E-state index contributed by atoms with van der Waals surface area (Å²) in [4.78, 5) is 12.7. The first kappa shape index (κ1) is 12.7. The van der Waals surface area contributed by atoms with Gasteiger partial charge in [-0.1, -0.05) is 35.4 Å². The molecular weight excluding hydrogens is 246 g/mol. The van der Waals surface area contributed by atoms with Crippen LogP contribution in [0.25, 0.3) is 0 Å². The average molecular weight is 259 g/mol. The Hall–Kier alpha value is -2.77. The van der Waals surface area contributed by atoms with E-state index in [0.29, 0.717) is 5.71 Å². The number of carbonyl (C=O) groups excluding carboxylic acids is 1. The summed E-state index contributed by atoms with van der Waals surface area (Å²) in [6.45, 7) is 1.72. The molecule has 0 fully saturated rings. The minimum atomic E-state index is -0.354. The molecule has 2 rings (SSSR count). The highest BCUT2D eigenvalue weighted by molar-refractivity contribution is 5.99. The number of hydrogen-bond acceptors (Lipinski definition) is 6. The van der Waals surface area contributed by atoms with Crippen LogP contribution in [0.3, 0.4) is 0 Å². The smallest absolute Gasteiger partial charge is 0.263 e. The number of rotatable bonds is 4. The van der Waals surface area contributed by atoms with Gasteiger partial charge in [-0.3, -0.25) is 4.79 Å². The van der Waals surface area contributed by atoms with Crippen LogP contribution < -0.4 is 11.2 Å². The Morgan fingerprint density at radius 3 is 2.79 bits per heavy atom. The monoisotopic (exact) mass is 259 g/mol. The fourth-order valence-electron chi connectivity index (χ4n) is 1.38. The summed E-state index contributed by atoms with van der Waals surface area (Å²) in [6.07, 6.45) is 0. The number of hydrazone groups is 1. The Morgan fingerprint density at radius 2 is 2.16 bits per heavy atom. The van der Waals surface area contributed by atoms with Crippen molar-refractivity contribution in [1.29, 1.82) is 0 Å². The number of amides is 1. The molecule has 0 saturated heterocycles. The summed E-state index contributed by atoms with van der Waals surface area (Å²) < 4.78 is 0. The second kappa shape index (κ2) is 5.71. The zero-order valence-corrected chi connectivity index (χ0v) is 10.3. The van der Waals surface area contributed by atoms with Gasteiger partial charge in [0.1, 0.15) is 6.54 Å². The molecule has 0 bridgehead atoms. The van der Waals surface area contributed by atoms with Crippen molar-refractivity contribution in [1.82, 2.24) is 25.6 Å². The second-order valence-corrected chi connectivity index (χ2v) is 3.78. The highest BCUT2D eigenvalue weighted by Crippen LogP contribution is 1.99. The van der Waals surface area contributed by atoms with Crippen molar-refractivity contribution in [2.75, 3.05) is 5.73 Å². The van der Waals surface area contributed by atoms with E-state index in [1.54, 1.807) is 6.92 Å². The summed E-state index contributed by atoms with van der Waals surface area (Å²) in [5, 5.41) is 14.7. The van der Waals surface area contributed by atoms with E-state index >= 15 is 0 Å². The van der Waals surface area contributed by atoms with Crippen molar-refractivity contribution in [3.05, 3.63) is 35.9 Å². The van der Waals surface area contributed by atoms with Gasteiger partial charge in [-0.2, -0.15) is 9.90 Å². The molecule has 0 unspecified atom stereocenters. The topological polar surface area (TPSA) is 111 Å². The van der Waals surface area contributed by atoms with Crippen molar-refractivity contribution in [2.45, 2.75) is 13.5 Å². The highest BCUT2D eigenvalue weighted by Gasteiger charge is 2.05. The minimum absolute atomic E-state index is 0.0248. The first-order valence-corrected chi connectivity index (χ1v) is 5.57. The van der Waals surface area contributed by atoms with Crippen molar-refractivity contribution >= 4 is 17.6 Å². The Morgan fingerprint density at radius 1 is 1.42 bits per heavy atom. The van der Waals surface area contributed by atoms with Gasteiger partial charge in [-0.05, 0) is 17.7 Å². The molecule has 0 aliphatic heterocycles. The fourth-order valence-corrected chi connectivity index (χ4v) is 1.38. The molecule has 0 aliphatic rings. The fraction of sp³-hybridized carbons (Fsp3) is 0.182. The molecule has 0 saturated carbocycles. The van der Waals surface area contributed by atoms with Crippen molar-refractivity contribution in [2.24, 2.45) is 5.10 Å². The molecule has 0 spiro atoms. The Kier molecular flexibility index (Phi) is 3.81. The molecule has 1 aromatic carbocycles. The third-order valence-electron chi connectivity index (χ3n) is 2.29. The standard InChI is InChI=1S/C11H13N7O/c1-8(9-5-3-2-4-6-9)13-14-10(19)7-18-16-11(12)15-17-18/h2-6H,7H2,1H3,(H2,12,16)(H,14,19)/b13-8+. The van der Waals surface area contributed by atoms with Gasteiger partial charge in [0.25, 0.3) is 11.9 Å². The first-order valence-electron chi connectivity index (χ1n) is 5.57. The Labute approximate surface area is 109 Å². The summed E-state index contributed by atoms with van der Waals surface area (Å²) in [5.74, 6) is -0.329. The van der Waals surface area contributed by atoms with Crippen LogP contribution in [0.4, 0.5) is 5.95 Å². The average Bonchev–Trinajstić information content (AvgIpc) is 2.82. The predicted octanol–water partition coefficient (Wildman–Crippen LogP) is -0.204. The number of aromatic nitrogens is 4. The number of tetrazole rings is 1. The van der Waals surface area contributed by atoms with Gasteiger partial charge in [-0.15, -0.1) is 5.10 Å². The van der Waals surface area contributed by atoms with Gasteiger partial charge >= 0.3 is 0 Å². The van der Waals surface area contributed by atoms with Crippen LogP contribution in [-0.2, 0) is 11.3 Å². The quantitative estimate of drug-likeness (QED) is 0.583. The number of benzene rings is 1. The van der Waals surface area contributed by atoms with Crippen LogP contribution in [0.5, 0.6) is 0 Å². The maximum atomic E-state index is 11.6. The minimum Gasteiger partial charge on any atom is -0.365 e. The zero-order chi connectivity index (χ0) is 13.7. The largest absolute Gasteiger partial charge is 0.365 e. The maximum Gasteiger partial charge on any atom is 0.263 e. The molecule has 1 aromatic heterocycles. The molecule has 2 aromatic rings. The third kappa shape index (κ3) is 3.60. The van der Waals surface area contributed by atoms with Crippen LogP contribution in [0, 0.1) is 0 Å². The second-order valence-electron chi connectivity index (χ2n) is 3.78. The van der Waals surface area contributed by atoms with Gasteiger partial charge in [0, 0.05) is 0 Å². The number of hydrogen-bond donors (Lipinski definition) is 2. The zero-order valence-electron chi connectivity index (χ0n) is 10.3. The van der Waals surface area contributed by atoms with Crippen LogP contribution in [-0.4, -0.2) is 31.8 Å². The van der Waals surface area contributed by atoms with Gasteiger partial charge in [0.2, 0.25) is 0 Å². The summed E-state index contributed by atoms with van der Waals surface area (Å²) in [6, 6.07) is 9.53. The molecule has 0 aliphatic carbocycles. The Balaban J connectivity index is 1.93. The first-order chi connectivity index (χ1) is 9.15. The van der Waals surface area contributed by atoms with E-state index in [-0.39, 0.29) is 18.4 Å². The number of anilines is 1. The lowest BCUT2D eigenvalue weighted by molar-refractivity contribution is -0.122. The lowest BCUT2D eigenvalue weighted by atomic mass is 10.1. The van der Waals surface area contributed by atoms with Gasteiger partial charge in [0.15, 0.2) is 0 Å². The van der Waals surface area contributed by atoms with E-state index in [1.807, 2.05) is 30.3 Å². The predicted molar refractivity (Wildman–Crippen MR) is 69.0 cm³/mol. The van der Waals surface area contributed by atoms with E-state index < -0.39 is 0 Å². The molecule has 19 heavy (non-hydrogen) atoms. The van der Waals surface area contributed by atoms with Gasteiger partial charge < -0.3 is 5.73 Å². The van der Waals surface area contributed by atoms with E-state index in [9.17, 15) is 4.79 Å². The lowest BCUT2D eigenvalue weighted by Gasteiger charge is -2.02. The van der Waals surface area contributed by atoms with Crippen molar-refractivity contribution in [3.8, 4) is 0 Å². The molecule has 1 heterocycles. The van der Waals surface area contributed by atoms with Crippen molar-refractivity contribution in [3.63, 3.8) is 0 Å². The molecule has 98 valence electrons. The molecule has 0 atom stereocenters. The number of nitrogens with two attached hydrogens (primary N) is 1. The summed E-state index contributed by atoms with van der Waals surface area (Å²) >= 11 is 0. The van der Waals surface area contributed by atoms with Crippen molar-refractivity contribution < 1.29 is 4.79 Å². The maximum absolute atomic E-state index is 11.6.